The molecular formula is C3H5ClN2O. The zero-order chi connectivity index (χ0) is 5.54. The van der Waals surface area contributed by atoms with E-state index in [4.69, 9.17) is 0 Å². The third kappa shape index (κ3) is 3.26. The van der Waals surface area contributed by atoms with Crippen LogP contribution in [0.3, 0.4) is 0 Å². The summed E-state index contributed by atoms with van der Waals surface area (Å²) in [6.07, 6.45) is 4.07. The molecule has 0 saturated heterocycles. The topological polar surface area (TPSA) is 38.9 Å². The fourth-order valence-electron chi connectivity index (χ4n) is 0.136. The van der Waals surface area contributed by atoms with Crippen LogP contribution in [-0.4, -0.2) is 16.5 Å². The zero-order valence-corrected chi connectivity index (χ0v) is 4.59. The van der Waals surface area contributed by atoms with Crippen LogP contribution in [0.25, 0.3) is 0 Å². The molecule has 0 aromatic carbocycles. The van der Waals surface area contributed by atoms with Crippen LogP contribution in [0.2, 0.25) is 0 Å². The summed E-state index contributed by atoms with van der Waals surface area (Å²) in [6, 6.07) is 0. The zero-order valence-electron chi connectivity index (χ0n) is 3.84. The normalized spacial score (nSPS) is 6.57. The SMILES string of the molecule is CCl.c1ncon1. The Morgan fingerprint density at radius 2 is 2.29 bits per heavy atom. The lowest BCUT2D eigenvalue weighted by molar-refractivity contribution is 0.416. The van der Waals surface area contributed by atoms with Crippen molar-refractivity contribution >= 4 is 11.6 Å². The molecule has 1 aromatic rings. The lowest BCUT2D eigenvalue weighted by Crippen LogP contribution is -1.44. The maximum atomic E-state index is 4.64. The third-order valence-corrected chi connectivity index (χ3v) is 0.283. The second kappa shape index (κ2) is 5.43. The molecule has 1 rings (SSSR count). The lowest BCUT2D eigenvalue weighted by atomic mass is 11.3. The molecule has 3 nitrogen and oxygen atoms in total. The molecule has 0 aliphatic heterocycles. The van der Waals surface area contributed by atoms with E-state index in [-0.39, 0.29) is 0 Å². The molecule has 0 aliphatic carbocycles. The number of rotatable bonds is 0. The molecule has 1 heterocycles. The quantitative estimate of drug-likeness (QED) is 0.478. The van der Waals surface area contributed by atoms with E-state index in [0.717, 1.165) is 0 Å². The van der Waals surface area contributed by atoms with E-state index < -0.39 is 0 Å². The summed E-state index contributed by atoms with van der Waals surface area (Å²) in [7, 11) is 0. The molecule has 0 fully saturated rings. The number of aromatic nitrogens is 2. The van der Waals surface area contributed by atoms with Crippen molar-refractivity contribution in [2.24, 2.45) is 0 Å². The minimum absolute atomic E-state index is 1.26. The predicted molar refractivity (Wildman–Crippen MR) is 26.1 cm³/mol. The van der Waals surface area contributed by atoms with Crippen molar-refractivity contribution < 1.29 is 4.52 Å². The average molecular weight is 121 g/mol. The van der Waals surface area contributed by atoms with Crippen molar-refractivity contribution in [3.63, 3.8) is 0 Å². The highest BCUT2D eigenvalue weighted by Gasteiger charge is 1.60. The maximum Gasteiger partial charge on any atom is 0.213 e. The molecule has 0 aliphatic rings. The summed E-state index contributed by atoms with van der Waals surface area (Å²) in [6.45, 7) is 0. The molecule has 0 radical (unpaired) electrons. The van der Waals surface area contributed by atoms with E-state index in [1.807, 2.05) is 0 Å². The van der Waals surface area contributed by atoms with Gasteiger partial charge in [-0.1, -0.05) is 5.16 Å². The Balaban J connectivity index is 0.000000162. The van der Waals surface area contributed by atoms with Gasteiger partial charge in [-0.2, -0.15) is 0 Å². The number of nitrogens with zero attached hydrogens (tertiary/aromatic N) is 2. The Bertz CT molecular complexity index is 69.4. The molecule has 7 heavy (non-hydrogen) atoms. The smallest absolute Gasteiger partial charge is 0.213 e. The van der Waals surface area contributed by atoms with Crippen molar-refractivity contribution in [3.05, 3.63) is 12.7 Å². The lowest BCUT2D eigenvalue weighted by Gasteiger charge is -1.45. The fraction of sp³-hybridized carbons (Fsp3) is 0.333. The molecule has 0 N–H and O–H groups in total. The average Bonchev–Trinajstić information content (AvgIpc) is 2.23. The number of hydrogen-bond donors (Lipinski definition) is 0. The monoisotopic (exact) mass is 120 g/mol. The van der Waals surface area contributed by atoms with Crippen LogP contribution in [0.4, 0.5) is 0 Å². The van der Waals surface area contributed by atoms with E-state index >= 15 is 0 Å². The Hall–Kier alpha value is -0.570. The van der Waals surface area contributed by atoms with Gasteiger partial charge in [0.25, 0.3) is 0 Å². The van der Waals surface area contributed by atoms with Crippen molar-refractivity contribution in [3.8, 4) is 0 Å². The molecule has 40 valence electrons. The fourth-order valence-corrected chi connectivity index (χ4v) is 0.136. The molecule has 0 amide bonds. The number of halogens is 1. The van der Waals surface area contributed by atoms with Gasteiger partial charge in [0.05, 0.1) is 0 Å². The van der Waals surface area contributed by atoms with E-state index in [0.29, 0.717) is 0 Å². The highest BCUT2D eigenvalue weighted by atomic mass is 35.5. The van der Waals surface area contributed by atoms with Gasteiger partial charge in [-0.3, -0.25) is 0 Å². The Morgan fingerprint density at radius 3 is 2.43 bits per heavy atom. The second-order valence-electron chi connectivity index (χ2n) is 0.581. The van der Waals surface area contributed by atoms with Crippen LogP contribution in [0, 0.1) is 0 Å². The van der Waals surface area contributed by atoms with Gasteiger partial charge in [0, 0.05) is 6.38 Å². The second-order valence-corrected chi connectivity index (χ2v) is 0.581. The Kier molecular flexibility index (Phi) is 4.99. The van der Waals surface area contributed by atoms with Gasteiger partial charge in [0.1, 0.15) is 0 Å². The van der Waals surface area contributed by atoms with Crippen LogP contribution >= 0.6 is 11.6 Å². The Morgan fingerprint density at radius 1 is 1.57 bits per heavy atom. The molecule has 0 spiro atoms. The van der Waals surface area contributed by atoms with Crippen molar-refractivity contribution in [2.45, 2.75) is 0 Å². The molecule has 0 bridgehead atoms. The molecule has 0 unspecified atom stereocenters. The van der Waals surface area contributed by atoms with Crippen molar-refractivity contribution in [2.75, 3.05) is 6.38 Å². The van der Waals surface area contributed by atoms with E-state index in [2.05, 4.69) is 26.3 Å². The first-order valence-corrected chi connectivity index (χ1v) is 2.33. The first-order valence-electron chi connectivity index (χ1n) is 1.57. The van der Waals surface area contributed by atoms with Crippen LogP contribution in [0.1, 0.15) is 0 Å². The molecule has 4 heteroatoms. The van der Waals surface area contributed by atoms with Crippen LogP contribution < -0.4 is 0 Å². The van der Waals surface area contributed by atoms with Crippen LogP contribution in [-0.2, 0) is 0 Å². The number of alkyl halides is 1. The molecule has 0 saturated carbocycles. The summed E-state index contributed by atoms with van der Waals surface area (Å²) in [5.74, 6) is 0. The highest BCUT2D eigenvalue weighted by molar-refractivity contribution is 6.15. The predicted octanol–water partition coefficient (Wildman–Crippen LogP) is 0.925. The van der Waals surface area contributed by atoms with Gasteiger partial charge in [-0.05, 0) is 0 Å². The van der Waals surface area contributed by atoms with Gasteiger partial charge in [0.15, 0.2) is 6.33 Å². The summed E-state index contributed by atoms with van der Waals surface area (Å²) in [4.78, 5) is 3.44. The van der Waals surface area contributed by atoms with Gasteiger partial charge >= 0.3 is 0 Å². The first-order chi connectivity index (χ1) is 3.50. The van der Waals surface area contributed by atoms with Crippen molar-refractivity contribution in [1.29, 1.82) is 0 Å². The molecular weight excluding hydrogens is 115 g/mol. The Labute approximate surface area is 46.3 Å². The van der Waals surface area contributed by atoms with Gasteiger partial charge in [0.2, 0.25) is 6.39 Å². The summed E-state index contributed by atoms with van der Waals surface area (Å²) < 4.78 is 4.22. The largest absolute Gasteiger partial charge is 0.343 e. The van der Waals surface area contributed by atoms with Gasteiger partial charge in [-0.25, -0.2) is 4.98 Å². The first kappa shape index (κ1) is 6.43. The minimum atomic E-state index is 1.26. The molecule has 1 aromatic heterocycles. The van der Waals surface area contributed by atoms with Crippen molar-refractivity contribution in [1.82, 2.24) is 10.1 Å². The maximum absolute atomic E-state index is 4.64. The van der Waals surface area contributed by atoms with E-state index in [1.165, 1.54) is 19.1 Å². The van der Waals surface area contributed by atoms with Gasteiger partial charge < -0.3 is 4.52 Å². The molecule has 0 atom stereocenters. The van der Waals surface area contributed by atoms with E-state index in [9.17, 15) is 0 Å². The third-order valence-electron chi connectivity index (χ3n) is 0.283. The minimum Gasteiger partial charge on any atom is -0.343 e. The van der Waals surface area contributed by atoms with E-state index in [1.54, 1.807) is 0 Å². The summed E-state index contributed by atoms with van der Waals surface area (Å²) in [5, 5.41) is 3.24. The highest BCUT2D eigenvalue weighted by Crippen LogP contribution is 1.62. The number of hydrogen-bond acceptors (Lipinski definition) is 3. The summed E-state index contributed by atoms with van der Waals surface area (Å²) >= 11 is 4.64. The van der Waals surface area contributed by atoms with Crippen LogP contribution in [0.5, 0.6) is 0 Å². The van der Waals surface area contributed by atoms with Crippen LogP contribution in [0.15, 0.2) is 17.2 Å². The van der Waals surface area contributed by atoms with Gasteiger partial charge in [-0.15, -0.1) is 11.6 Å². The standard InChI is InChI=1S/C2H2N2O.CH3Cl/c1-3-2-5-4-1;1-2/h1-2H;1H3. The summed E-state index contributed by atoms with van der Waals surface area (Å²) in [5.41, 5.74) is 0.